The number of nitrogens with zero attached hydrogens (tertiary/aromatic N) is 2. The van der Waals surface area contributed by atoms with Gasteiger partial charge in [-0.05, 0) is 50.9 Å². The molecule has 1 saturated heterocycles. The van der Waals surface area contributed by atoms with Crippen LogP contribution < -0.4 is 10.6 Å². The topological polar surface area (TPSA) is 56.7 Å². The molecule has 24 heavy (non-hydrogen) atoms. The molecule has 1 amide bonds. The lowest BCUT2D eigenvalue weighted by atomic mass is 9.82. The molecule has 3 rings (SSSR count). The molecule has 1 aliphatic heterocycles. The zero-order chi connectivity index (χ0) is 16.1. The van der Waals surface area contributed by atoms with Gasteiger partial charge in [-0.3, -0.25) is 9.79 Å². The van der Waals surface area contributed by atoms with Gasteiger partial charge in [-0.1, -0.05) is 12.8 Å². The molecule has 0 aromatic rings. The smallest absolute Gasteiger partial charge is 0.220 e. The number of fused-ring (bicyclic) bond motifs is 1. The monoisotopic (exact) mass is 448 g/mol. The Morgan fingerprint density at radius 3 is 2.38 bits per heavy atom. The van der Waals surface area contributed by atoms with Gasteiger partial charge in [0.2, 0.25) is 5.91 Å². The average molecular weight is 448 g/mol. The molecule has 2 unspecified atom stereocenters. The molecular weight excluding hydrogens is 415 g/mol. The Balaban J connectivity index is 0.00000208. The van der Waals surface area contributed by atoms with E-state index < -0.39 is 0 Å². The van der Waals surface area contributed by atoms with E-state index in [1.807, 2.05) is 0 Å². The Labute approximate surface area is 163 Å². The largest absolute Gasteiger partial charge is 0.357 e. The summed E-state index contributed by atoms with van der Waals surface area (Å²) in [6, 6.07) is 0.469. The zero-order valence-corrected chi connectivity index (χ0v) is 17.3. The average Bonchev–Trinajstić information content (AvgIpc) is 3.25. The van der Waals surface area contributed by atoms with Gasteiger partial charge in [-0.15, -0.1) is 24.0 Å². The Morgan fingerprint density at radius 2 is 1.79 bits per heavy atom. The summed E-state index contributed by atoms with van der Waals surface area (Å²) in [4.78, 5) is 18.9. The molecule has 0 spiro atoms. The number of likely N-dealkylation sites (tertiary alicyclic amines) is 1. The first-order chi connectivity index (χ1) is 11.3. The Kier molecular flexibility index (Phi) is 8.10. The van der Waals surface area contributed by atoms with E-state index >= 15 is 0 Å². The van der Waals surface area contributed by atoms with E-state index in [9.17, 15) is 4.79 Å². The normalized spacial score (nSPS) is 26.5. The van der Waals surface area contributed by atoms with Gasteiger partial charge >= 0.3 is 0 Å². The third kappa shape index (κ3) is 5.77. The van der Waals surface area contributed by atoms with Crippen LogP contribution in [0.3, 0.4) is 0 Å². The number of carbonyl (C=O) groups is 1. The number of hydrogen-bond donors (Lipinski definition) is 2. The van der Waals surface area contributed by atoms with Crippen LogP contribution in [0.4, 0.5) is 0 Å². The highest BCUT2D eigenvalue weighted by atomic mass is 127. The van der Waals surface area contributed by atoms with Crippen LogP contribution in [-0.4, -0.2) is 49.0 Å². The second-order valence-electron chi connectivity index (χ2n) is 7.39. The Bertz CT molecular complexity index is 425. The van der Waals surface area contributed by atoms with Crippen LogP contribution in [0.2, 0.25) is 0 Å². The number of aliphatic imine (C=N–C) groups is 1. The second kappa shape index (κ2) is 9.82. The van der Waals surface area contributed by atoms with Crippen LogP contribution in [0.1, 0.15) is 58.3 Å². The standard InChI is InChI=1S/C18H32N4O.HI/c1-2-19-18(20-11-5-8-17(23)21-16-9-10-16)22-12-14-6-3-4-7-15(14)13-22;/h14-16H,2-13H2,1H3,(H,19,20)(H,21,23);1H. The summed E-state index contributed by atoms with van der Waals surface area (Å²) in [7, 11) is 0. The van der Waals surface area contributed by atoms with E-state index in [0.717, 1.165) is 50.1 Å². The number of hydrogen-bond acceptors (Lipinski definition) is 2. The first-order valence-corrected chi connectivity index (χ1v) is 9.59. The summed E-state index contributed by atoms with van der Waals surface area (Å²) in [5.41, 5.74) is 0. The molecule has 1 heterocycles. The van der Waals surface area contributed by atoms with Gasteiger partial charge in [-0.2, -0.15) is 0 Å². The van der Waals surface area contributed by atoms with Crippen LogP contribution in [-0.2, 0) is 4.79 Å². The van der Waals surface area contributed by atoms with Gasteiger partial charge in [0.15, 0.2) is 5.96 Å². The molecule has 2 atom stereocenters. The second-order valence-corrected chi connectivity index (χ2v) is 7.39. The van der Waals surface area contributed by atoms with Crippen molar-refractivity contribution in [3.8, 4) is 0 Å². The highest BCUT2D eigenvalue weighted by molar-refractivity contribution is 14.0. The molecule has 5 nitrogen and oxygen atoms in total. The third-order valence-electron chi connectivity index (χ3n) is 5.38. The van der Waals surface area contributed by atoms with Crippen molar-refractivity contribution >= 4 is 35.8 Å². The van der Waals surface area contributed by atoms with Crippen molar-refractivity contribution in [2.24, 2.45) is 16.8 Å². The highest BCUT2D eigenvalue weighted by Crippen LogP contribution is 2.35. The molecular formula is C18H33IN4O. The van der Waals surface area contributed by atoms with Gasteiger partial charge in [0.1, 0.15) is 0 Å². The predicted molar refractivity (Wildman–Crippen MR) is 109 cm³/mol. The van der Waals surface area contributed by atoms with Gasteiger partial charge < -0.3 is 15.5 Å². The van der Waals surface area contributed by atoms with E-state index in [0.29, 0.717) is 12.5 Å². The fraction of sp³-hybridized carbons (Fsp3) is 0.889. The molecule has 138 valence electrons. The molecule has 6 heteroatoms. The van der Waals surface area contributed by atoms with Crippen molar-refractivity contribution in [3.63, 3.8) is 0 Å². The van der Waals surface area contributed by atoms with Crippen molar-refractivity contribution < 1.29 is 4.79 Å². The summed E-state index contributed by atoms with van der Waals surface area (Å²) in [5, 5.41) is 6.48. The quantitative estimate of drug-likeness (QED) is 0.285. The van der Waals surface area contributed by atoms with E-state index in [2.05, 4.69) is 22.5 Å². The number of carbonyl (C=O) groups excluding carboxylic acids is 1. The predicted octanol–water partition coefficient (Wildman–Crippen LogP) is 2.75. The van der Waals surface area contributed by atoms with Crippen LogP contribution in [0.15, 0.2) is 4.99 Å². The lowest BCUT2D eigenvalue weighted by molar-refractivity contribution is -0.121. The fourth-order valence-electron chi connectivity index (χ4n) is 3.96. The minimum absolute atomic E-state index is 0. The fourth-order valence-corrected chi connectivity index (χ4v) is 3.96. The minimum atomic E-state index is 0. The number of rotatable bonds is 6. The van der Waals surface area contributed by atoms with Gasteiger partial charge in [0, 0.05) is 38.6 Å². The Hall–Kier alpha value is -0.530. The van der Waals surface area contributed by atoms with Gasteiger partial charge in [0.05, 0.1) is 0 Å². The number of nitrogens with one attached hydrogen (secondary N) is 2. The maximum absolute atomic E-state index is 11.7. The van der Waals surface area contributed by atoms with Crippen LogP contribution in [0, 0.1) is 11.8 Å². The first kappa shape index (κ1) is 19.8. The molecule has 0 aromatic carbocycles. The lowest BCUT2D eigenvalue weighted by Gasteiger charge is -2.22. The van der Waals surface area contributed by atoms with Gasteiger partial charge in [0.25, 0.3) is 0 Å². The highest BCUT2D eigenvalue weighted by Gasteiger charge is 2.35. The number of guanidine groups is 1. The van der Waals surface area contributed by atoms with E-state index in [4.69, 9.17) is 4.99 Å². The van der Waals surface area contributed by atoms with Crippen LogP contribution in [0.5, 0.6) is 0 Å². The summed E-state index contributed by atoms with van der Waals surface area (Å²) in [6.07, 6.45) is 9.34. The van der Waals surface area contributed by atoms with Crippen LogP contribution >= 0.6 is 24.0 Å². The maximum atomic E-state index is 11.7. The molecule has 2 aliphatic carbocycles. The lowest BCUT2D eigenvalue weighted by Crippen LogP contribution is -2.40. The van der Waals surface area contributed by atoms with Crippen molar-refractivity contribution in [2.75, 3.05) is 26.2 Å². The molecule has 2 N–H and O–H groups in total. The van der Waals surface area contributed by atoms with Crippen molar-refractivity contribution in [1.29, 1.82) is 0 Å². The molecule has 2 saturated carbocycles. The van der Waals surface area contributed by atoms with Crippen molar-refractivity contribution in [3.05, 3.63) is 0 Å². The van der Waals surface area contributed by atoms with E-state index in [1.165, 1.54) is 38.8 Å². The molecule has 0 aromatic heterocycles. The minimum Gasteiger partial charge on any atom is -0.357 e. The van der Waals surface area contributed by atoms with Gasteiger partial charge in [-0.25, -0.2) is 0 Å². The summed E-state index contributed by atoms with van der Waals surface area (Å²) >= 11 is 0. The van der Waals surface area contributed by atoms with Crippen molar-refractivity contribution in [2.45, 2.75) is 64.3 Å². The first-order valence-electron chi connectivity index (χ1n) is 9.59. The summed E-state index contributed by atoms with van der Waals surface area (Å²) in [6.45, 7) is 6.11. The summed E-state index contributed by atoms with van der Waals surface area (Å²) < 4.78 is 0. The molecule has 0 radical (unpaired) electrons. The van der Waals surface area contributed by atoms with E-state index in [1.54, 1.807) is 0 Å². The Morgan fingerprint density at radius 1 is 1.12 bits per heavy atom. The number of amides is 1. The SMILES string of the molecule is CCNC(=NCCCC(=O)NC1CC1)N1CC2CCCCC2C1.I. The number of halogens is 1. The summed E-state index contributed by atoms with van der Waals surface area (Å²) in [5.74, 6) is 3.00. The molecule has 3 aliphatic rings. The third-order valence-corrected chi connectivity index (χ3v) is 5.38. The van der Waals surface area contributed by atoms with E-state index in [-0.39, 0.29) is 29.9 Å². The van der Waals surface area contributed by atoms with Crippen molar-refractivity contribution in [1.82, 2.24) is 15.5 Å². The molecule has 3 fully saturated rings. The molecule has 0 bridgehead atoms. The zero-order valence-electron chi connectivity index (χ0n) is 14.9. The van der Waals surface area contributed by atoms with Crippen LogP contribution in [0.25, 0.3) is 0 Å². The maximum Gasteiger partial charge on any atom is 0.220 e.